The number of tetrazole rings is 1. The number of hydrogen-bond donors (Lipinski definition) is 1. The maximum absolute atomic E-state index is 12.8. The Morgan fingerprint density at radius 1 is 1.36 bits per heavy atom. The molecule has 0 saturated carbocycles. The van der Waals surface area contributed by atoms with E-state index in [0.717, 1.165) is 12.1 Å². The third kappa shape index (κ3) is 3.30. The zero-order chi connectivity index (χ0) is 18.2. The zero-order valence-electron chi connectivity index (χ0n) is 13.3. The standard InChI is InChI=1S/C14H14F3N7O/c1-8(24-7-19-21-22-24)13(25)18-6-12-20-10-5-9(14(15,16)17)3-4-11(10)23(12)2/h3-5,7-8H,6H2,1-2H3,(H,18,25). The van der Waals surface area contributed by atoms with Crippen molar-refractivity contribution in [3.63, 3.8) is 0 Å². The van der Waals surface area contributed by atoms with Crippen molar-refractivity contribution < 1.29 is 18.0 Å². The van der Waals surface area contributed by atoms with Crippen LogP contribution in [0.25, 0.3) is 11.0 Å². The molecule has 8 nitrogen and oxygen atoms in total. The Morgan fingerprint density at radius 2 is 2.12 bits per heavy atom. The largest absolute Gasteiger partial charge is 0.416 e. The number of fused-ring (bicyclic) bond motifs is 1. The van der Waals surface area contributed by atoms with Crippen LogP contribution in [0, 0.1) is 0 Å². The third-order valence-corrected chi connectivity index (χ3v) is 3.86. The second-order valence-corrected chi connectivity index (χ2v) is 5.47. The van der Waals surface area contributed by atoms with E-state index in [2.05, 4.69) is 25.8 Å². The van der Waals surface area contributed by atoms with Crippen molar-refractivity contribution >= 4 is 16.9 Å². The van der Waals surface area contributed by atoms with Crippen molar-refractivity contribution in [1.82, 2.24) is 35.1 Å². The number of amides is 1. The number of nitrogens with zero attached hydrogens (tertiary/aromatic N) is 6. The summed E-state index contributed by atoms with van der Waals surface area (Å²) in [4.78, 5) is 16.3. The van der Waals surface area contributed by atoms with Crippen LogP contribution in [0.3, 0.4) is 0 Å². The quantitative estimate of drug-likeness (QED) is 0.767. The van der Waals surface area contributed by atoms with Crippen LogP contribution in [-0.2, 0) is 24.6 Å². The van der Waals surface area contributed by atoms with Crippen LogP contribution in [0.5, 0.6) is 0 Å². The Morgan fingerprint density at radius 3 is 2.76 bits per heavy atom. The normalized spacial score (nSPS) is 13.2. The minimum Gasteiger partial charge on any atom is -0.347 e. The van der Waals surface area contributed by atoms with Gasteiger partial charge in [0.05, 0.1) is 23.1 Å². The summed E-state index contributed by atoms with van der Waals surface area (Å²) < 4.78 is 41.3. The molecule has 1 N–H and O–H groups in total. The molecule has 0 spiro atoms. The fourth-order valence-electron chi connectivity index (χ4n) is 2.36. The summed E-state index contributed by atoms with van der Waals surface area (Å²) in [5.41, 5.74) is 0.00172. The van der Waals surface area contributed by atoms with E-state index in [1.54, 1.807) is 18.5 Å². The van der Waals surface area contributed by atoms with E-state index in [9.17, 15) is 18.0 Å². The number of halogens is 3. The molecule has 3 rings (SSSR count). The van der Waals surface area contributed by atoms with Crippen LogP contribution in [0.4, 0.5) is 13.2 Å². The van der Waals surface area contributed by atoms with Gasteiger partial charge in [-0.3, -0.25) is 4.79 Å². The van der Waals surface area contributed by atoms with Crippen molar-refractivity contribution in [3.05, 3.63) is 35.9 Å². The summed E-state index contributed by atoms with van der Waals surface area (Å²) in [6.07, 6.45) is -3.11. The van der Waals surface area contributed by atoms with E-state index in [-0.39, 0.29) is 18.0 Å². The SMILES string of the molecule is CC(C(=O)NCc1nc2cc(C(F)(F)F)ccc2n1C)n1cnnn1. The second kappa shape index (κ2) is 6.15. The summed E-state index contributed by atoms with van der Waals surface area (Å²) >= 11 is 0. The molecule has 0 radical (unpaired) electrons. The Kier molecular flexibility index (Phi) is 4.15. The van der Waals surface area contributed by atoms with E-state index < -0.39 is 17.8 Å². The minimum atomic E-state index is -4.43. The highest BCUT2D eigenvalue weighted by Crippen LogP contribution is 2.31. The Labute approximate surface area is 139 Å². The predicted octanol–water partition coefficient (Wildman–Crippen LogP) is 1.46. The van der Waals surface area contributed by atoms with Crippen LogP contribution in [0.1, 0.15) is 24.4 Å². The van der Waals surface area contributed by atoms with Gasteiger partial charge >= 0.3 is 6.18 Å². The maximum Gasteiger partial charge on any atom is 0.416 e. The lowest BCUT2D eigenvalue weighted by Gasteiger charge is -2.11. The van der Waals surface area contributed by atoms with Gasteiger partial charge in [0.15, 0.2) is 0 Å². The van der Waals surface area contributed by atoms with Gasteiger partial charge < -0.3 is 9.88 Å². The number of aromatic nitrogens is 6. The maximum atomic E-state index is 12.8. The first-order valence-corrected chi connectivity index (χ1v) is 7.30. The molecule has 1 atom stereocenters. The van der Waals surface area contributed by atoms with E-state index in [4.69, 9.17) is 0 Å². The molecule has 11 heteroatoms. The highest BCUT2D eigenvalue weighted by atomic mass is 19.4. The number of carbonyl (C=O) groups excluding carboxylic acids is 1. The molecule has 1 aromatic carbocycles. The van der Waals surface area contributed by atoms with Crippen molar-refractivity contribution in [2.24, 2.45) is 7.05 Å². The molecule has 0 aliphatic carbocycles. The average molecular weight is 353 g/mol. The summed E-state index contributed by atoms with van der Waals surface area (Å²) in [6.45, 7) is 1.69. The fourth-order valence-corrected chi connectivity index (χ4v) is 2.36. The lowest BCUT2D eigenvalue weighted by atomic mass is 10.2. The molecule has 1 unspecified atom stereocenters. The lowest BCUT2D eigenvalue weighted by molar-refractivity contribution is -0.137. The van der Waals surface area contributed by atoms with E-state index in [1.807, 2.05) is 0 Å². The summed E-state index contributed by atoms with van der Waals surface area (Å²) in [7, 11) is 1.68. The van der Waals surface area contributed by atoms with Gasteiger partial charge in [-0.1, -0.05) is 0 Å². The Hall–Kier alpha value is -2.98. The number of alkyl halides is 3. The Balaban J connectivity index is 1.77. The molecule has 132 valence electrons. The third-order valence-electron chi connectivity index (χ3n) is 3.86. The molecular weight excluding hydrogens is 339 g/mol. The van der Waals surface area contributed by atoms with Crippen LogP contribution in [0.2, 0.25) is 0 Å². The topological polar surface area (TPSA) is 90.5 Å². The molecule has 3 aromatic rings. The molecule has 1 amide bonds. The highest BCUT2D eigenvalue weighted by Gasteiger charge is 2.31. The zero-order valence-corrected chi connectivity index (χ0v) is 13.3. The first-order valence-electron chi connectivity index (χ1n) is 7.30. The number of hydrogen-bond acceptors (Lipinski definition) is 5. The van der Waals surface area contributed by atoms with Crippen LogP contribution < -0.4 is 5.32 Å². The second-order valence-electron chi connectivity index (χ2n) is 5.47. The molecule has 2 heterocycles. The van der Waals surface area contributed by atoms with Gasteiger partial charge in [0, 0.05) is 7.05 Å². The van der Waals surface area contributed by atoms with Gasteiger partial charge in [-0.15, -0.1) is 5.10 Å². The molecule has 25 heavy (non-hydrogen) atoms. The van der Waals surface area contributed by atoms with Gasteiger partial charge in [0.1, 0.15) is 18.2 Å². The number of rotatable bonds is 4. The number of imidazole rings is 1. The highest BCUT2D eigenvalue weighted by molar-refractivity contribution is 5.80. The summed E-state index contributed by atoms with van der Waals surface area (Å²) in [5, 5.41) is 13.2. The predicted molar refractivity (Wildman–Crippen MR) is 80.1 cm³/mol. The fraction of sp³-hybridized carbons (Fsp3) is 0.357. The van der Waals surface area contributed by atoms with Gasteiger partial charge in [0.2, 0.25) is 5.91 Å². The molecule has 0 saturated heterocycles. The van der Waals surface area contributed by atoms with Crippen LogP contribution in [0.15, 0.2) is 24.5 Å². The van der Waals surface area contributed by atoms with Crippen LogP contribution >= 0.6 is 0 Å². The first-order chi connectivity index (χ1) is 11.8. The van der Waals surface area contributed by atoms with Gasteiger partial charge in [-0.2, -0.15) is 13.2 Å². The van der Waals surface area contributed by atoms with E-state index >= 15 is 0 Å². The van der Waals surface area contributed by atoms with Crippen LogP contribution in [-0.4, -0.2) is 35.7 Å². The molecule has 0 aliphatic rings. The average Bonchev–Trinajstić information content (AvgIpc) is 3.19. The summed E-state index contributed by atoms with van der Waals surface area (Å²) in [6, 6.07) is 2.73. The first kappa shape index (κ1) is 16.9. The van der Waals surface area contributed by atoms with Gasteiger partial charge in [0.25, 0.3) is 0 Å². The minimum absolute atomic E-state index is 0.0673. The van der Waals surface area contributed by atoms with Crippen molar-refractivity contribution in [2.75, 3.05) is 0 Å². The number of benzene rings is 1. The van der Waals surface area contributed by atoms with Crippen molar-refractivity contribution in [1.29, 1.82) is 0 Å². The molecular formula is C14H14F3N7O. The monoisotopic (exact) mass is 353 g/mol. The lowest BCUT2D eigenvalue weighted by Crippen LogP contribution is -2.31. The van der Waals surface area contributed by atoms with Gasteiger partial charge in [-0.25, -0.2) is 9.67 Å². The molecule has 2 aromatic heterocycles. The smallest absolute Gasteiger partial charge is 0.347 e. The molecule has 0 aliphatic heterocycles. The number of nitrogens with one attached hydrogen (secondary N) is 1. The van der Waals surface area contributed by atoms with Crippen molar-refractivity contribution in [3.8, 4) is 0 Å². The molecule has 0 fully saturated rings. The number of carbonyl (C=O) groups is 1. The van der Waals surface area contributed by atoms with Gasteiger partial charge in [-0.05, 0) is 35.5 Å². The summed E-state index contributed by atoms with van der Waals surface area (Å²) in [5.74, 6) is 0.0990. The molecule has 0 bridgehead atoms. The van der Waals surface area contributed by atoms with E-state index in [1.165, 1.54) is 17.1 Å². The van der Waals surface area contributed by atoms with Crippen molar-refractivity contribution in [2.45, 2.75) is 25.7 Å². The number of aryl methyl sites for hydroxylation is 1. The Bertz CT molecular complexity index is 901. The van der Waals surface area contributed by atoms with E-state index in [0.29, 0.717) is 11.3 Å².